The maximum atomic E-state index is 5.08. The second-order valence-electron chi connectivity index (χ2n) is 7.65. The van der Waals surface area contributed by atoms with Gasteiger partial charge in [0.25, 0.3) is 0 Å². The standard InChI is InChI=1S/C24H29N/c1-12-10-21-19(8)20(9)25-24(23(21)18(7)15(12)4)22-11-13(2)14(3)16(5)17(22)6/h10-11H,1-9H3. The Kier molecular flexibility index (Phi) is 4.23. The highest BCUT2D eigenvalue weighted by Crippen LogP contribution is 2.38. The number of hydrogen-bond acceptors (Lipinski definition) is 1. The van der Waals surface area contributed by atoms with Gasteiger partial charge in [-0.05, 0) is 118 Å². The van der Waals surface area contributed by atoms with Crippen molar-refractivity contribution >= 4 is 10.8 Å². The van der Waals surface area contributed by atoms with Crippen LogP contribution in [0.25, 0.3) is 22.0 Å². The fourth-order valence-corrected chi connectivity index (χ4v) is 3.84. The Balaban J connectivity index is 2.55. The minimum Gasteiger partial charge on any atom is -0.252 e. The molecule has 0 aliphatic rings. The zero-order valence-corrected chi connectivity index (χ0v) is 17.1. The number of pyridine rings is 1. The normalized spacial score (nSPS) is 11.4. The average Bonchev–Trinajstić information content (AvgIpc) is 2.57. The summed E-state index contributed by atoms with van der Waals surface area (Å²) in [5.41, 5.74) is 14.4. The molecule has 0 atom stereocenters. The summed E-state index contributed by atoms with van der Waals surface area (Å²) in [4.78, 5) is 5.08. The second-order valence-corrected chi connectivity index (χ2v) is 7.65. The van der Waals surface area contributed by atoms with Crippen LogP contribution in [0.4, 0.5) is 0 Å². The number of fused-ring (bicyclic) bond motifs is 1. The lowest BCUT2D eigenvalue weighted by atomic mass is 9.87. The molecule has 0 fully saturated rings. The average molecular weight is 332 g/mol. The van der Waals surface area contributed by atoms with Crippen molar-refractivity contribution in [3.63, 3.8) is 0 Å². The number of benzene rings is 2. The summed E-state index contributed by atoms with van der Waals surface area (Å²) in [6.45, 7) is 19.9. The maximum Gasteiger partial charge on any atom is 0.0789 e. The monoisotopic (exact) mass is 331 g/mol. The number of aryl methyl sites for hydroxylation is 5. The SMILES string of the molecule is Cc1cc(-c2nc(C)c(C)c3cc(C)c(C)c(C)c23)c(C)c(C)c1C. The number of nitrogens with zero attached hydrogens (tertiary/aromatic N) is 1. The third-order valence-electron chi connectivity index (χ3n) is 6.36. The molecule has 1 nitrogen and oxygen atoms in total. The first-order valence-electron chi connectivity index (χ1n) is 9.10. The number of aromatic nitrogens is 1. The minimum absolute atomic E-state index is 1.13. The molecule has 0 radical (unpaired) electrons. The molecule has 0 bridgehead atoms. The molecule has 0 unspecified atom stereocenters. The predicted octanol–water partition coefficient (Wildman–Crippen LogP) is 6.68. The highest BCUT2D eigenvalue weighted by molar-refractivity contribution is 6.01. The first-order chi connectivity index (χ1) is 11.6. The van der Waals surface area contributed by atoms with Gasteiger partial charge in [-0.2, -0.15) is 0 Å². The van der Waals surface area contributed by atoms with E-state index in [1.807, 2.05) is 0 Å². The van der Waals surface area contributed by atoms with Crippen molar-refractivity contribution in [1.29, 1.82) is 0 Å². The van der Waals surface area contributed by atoms with Gasteiger partial charge in [-0.1, -0.05) is 6.07 Å². The Hall–Kier alpha value is -2.15. The molecule has 25 heavy (non-hydrogen) atoms. The van der Waals surface area contributed by atoms with Crippen LogP contribution in [0.1, 0.15) is 50.2 Å². The summed E-state index contributed by atoms with van der Waals surface area (Å²) in [6.07, 6.45) is 0. The van der Waals surface area contributed by atoms with E-state index < -0.39 is 0 Å². The molecular weight excluding hydrogens is 302 g/mol. The van der Waals surface area contributed by atoms with Crippen LogP contribution in [0.2, 0.25) is 0 Å². The quantitative estimate of drug-likeness (QED) is 0.485. The molecular formula is C24H29N. The van der Waals surface area contributed by atoms with Crippen molar-refractivity contribution in [2.45, 2.75) is 62.3 Å². The number of rotatable bonds is 1. The molecule has 0 aliphatic carbocycles. The fraction of sp³-hybridized carbons (Fsp3) is 0.375. The summed E-state index contributed by atoms with van der Waals surface area (Å²) >= 11 is 0. The van der Waals surface area contributed by atoms with E-state index in [0.717, 1.165) is 11.4 Å². The maximum absolute atomic E-state index is 5.08. The van der Waals surface area contributed by atoms with Crippen molar-refractivity contribution in [3.05, 3.63) is 62.3 Å². The smallest absolute Gasteiger partial charge is 0.0789 e. The van der Waals surface area contributed by atoms with Gasteiger partial charge in [-0.15, -0.1) is 0 Å². The van der Waals surface area contributed by atoms with Gasteiger partial charge in [0.05, 0.1) is 5.69 Å². The zero-order valence-electron chi connectivity index (χ0n) is 17.1. The van der Waals surface area contributed by atoms with Gasteiger partial charge in [0, 0.05) is 16.6 Å². The van der Waals surface area contributed by atoms with Gasteiger partial charge in [-0.3, -0.25) is 4.98 Å². The Bertz CT molecular complexity index is 1020. The predicted molar refractivity (Wildman–Crippen MR) is 110 cm³/mol. The minimum atomic E-state index is 1.13. The lowest BCUT2D eigenvalue weighted by molar-refractivity contribution is 1.15. The second kappa shape index (κ2) is 5.98. The van der Waals surface area contributed by atoms with Gasteiger partial charge >= 0.3 is 0 Å². The molecule has 1 heteroatoms. The van der Waals surface area contributed by atoms with E-state index in [4.69, 9.17) is 4.98 Å². The van der Waals surface area contributed by atoms with Crippen molar-refractivity contribution < 1.29 is 0 Å². The largest absolute Gasteiger partial charge is 0.252 e. The van der Waals surface area contributed by atoms with Gasteiger partial charge < -0.3 is 0 Å². The van der Waals surface area contributed by atoms with Gasteiger partial charge in [0.1, 0.15) is 0 Å². The molecule has 0 saturated carbocycles. The van der Waals surface area contributed by atoms with Gasteiger partial charge in [0.2, 0.25) is 0 Å². The van der Waals surface area contributed by atoms with E-state index in [0.29, 0.717) is 0 Å². The Morgan fingerprint density at radius 2 is 1.12 bits per heavy atom. The molecule has 0 aliphatic heterocycles. The molecule has 0 spiro atoms. The fourth-order valence-electron chi connectivity index (χ4n) is 3.84. The highest BCUT2D eigenvalue weighted by atomic mass is 14.7. The van der Waals surface area contributed by atoms with Crippen LogP contribution in [0.15, 0.2) is 12.1 Å². The summed E-state index contributed by atoms with van der Waals surface area (Å²) in [5.74, 6) is 0. The summed E-state index contributed by atoms with van der Waals surface area (Å²) < 4.78 is 0. The summed E-state index contributed by atoms with van der Waals surface area (Å²) in [5, 5.41) is 2.66. The molecule has 3 rings (SSSR count). The number of hydrogen-bond donors (Lipinski definition) is 0. The van der Waals surface area contributed by atoms with E-state index in [1.54, 1.807) is 0 Å². The molecule has 2 aromatic carbocycles. The topological polar surface area (TPSA) is 12.9 Å². The molecule has 0 N–H and O–H groups in total. The summed E-state index contributed by atoms with van der Waals surface area (Å²) in [6, 6.07) is 4.66. The van der Waals surface area contributed by atoms with Gasteiger partial charge in [0.15, 0.2) is 0 Å². The van der Waals surface area contributed by atoms with E-state index in [1.165, 1.54) is 60.8 Å². The van der Waals surface area contributed by atoms with E-state index >= 15 is 0 Å². The third-order valence-corrected chi connectivity index (χ3v) is 6.36. The van der Waals surface area contributed by atoms with Crippen molar-refractivity contribution in [3.8, 4) is 11.3 Å². The Labute approximate surface area is 152 Å². The molecule has 0 amide bonds. The van der Waals surface area contributed by atoms with Gasteiger partial charge in [-0.25, -0.2) is 0 Å². The Morgan fingerprint density at radius 3 is 1.76 bits per heavy atom. The van der Waals surface area contributed by atoms with Crippen LogP contribution in [-0.4, -0.2) is 4.98 Å². The van der Waals surface area contributed by atoms with Crippen LogP contribution < -0.4 is 0 Å². The van der Waals surface area contributed by atoms with Crippen molar-refractivity contribution in [2.75, 3.05) is 0 Å². The van der Waals surface area contributed by atoms with Crippen LogP contribution in [0.3, 0.4) is 0 Å². The van der Waals surface area contributed by atoms with E-state index in [2.05, 4.69) is 74.4 Å². The van der Waals surface area contributed by atoms with Crippen LogP contribution in [-0.2, 0) is 0 Å². The lowest BCUT2D eigenvalue weighted by Gasteiger charge is -2.20. The zero-order chi connectivity index (χ0) is 18.6. The molecule has 0 saturated heterocycles. The first kappa shape index (κ1) is 17.7. The lowest BCUT2D eigenvalue weighted by Crippen LogP contribution is -2.02. The molecule has 1 heterocycles. The Morgan fingerprint density at radius 1 is 0.560 bits per heavy atom. The third kappa shape index (κ3) is 2.57. The molecule has 1 aromatic heterocycles. The first-order valence-corrected chi connectivity index (χ1v) is 9.10. The highest BCUT2D eigenvalue weighted by Gasteiger charge is 2.18. The van der Waals surface area contributed by atoms with Crippen LogP contribution in [0, 0.1) is 62.3 Å². The van der Waals surface area contributed by atoms with Crippen molar-refractivity contribution in [2.24, 2.45) is 0 Å². The van der Waals surface area contributed by atoms with Crippen LogP contribution in [0.5, 0.6) is 0 Å². The molecule has 130 valence electrons. The van der Waals surface area contributed by atoms with E-state index in [9.17, 15) is 0 Å². The van der Waals surface area contributed by atoms with E-state index in [-0.39, 0.29) is 0 Å². The molecule has 3 aromatic rings. The van der Waals surface area contributed by atoms with Crippen LogP contribution >= 0.6 is 0 Å². The van der Waals surface area contributed by atoms with Crippen molar-refractivity contribution in [1.82, 2.24) is 4.98 Å². The summed E-state index contributed by atoms with van der Waals surface area (Å²) in [7, 11) is 0.